The van der Waals surface area contributed by atoms with Gasteiger partial charge in [0.2, 0.25) is 11.8 Å². The average Bonchev–Trinajstić information content (AvgIpc) is 2.35. The van der Waals surface area contributed by atoms with E-state index in [1.165, 1.54) is 11.1 Å². The van der Waals surface area contributed by atoms with Gasteiger partial charge < -0.3 is 9.80 Å². The van der Waals surface area contributed by atoms with Crippen molar-refractivity contribution in [2.45, 2.75) is 26.7 Å². The number of carbonyl (C=O) groups is 2. The van der Waals surface area contributed by atoms with Gasteiger partial charge in [-0.3, -0.25) is 9.59 Å². The first-order valence-electron chi connectivity index (χ1n) is 7.22. The molecular formula is C16H20N2O2. The molecule has 0 aromatic heterocycles. The lowest BCUT2D eigenvalue weighted by molar-refractivity contribution is -0.140. The topological polar surface area (TPSA) is 40.6 Å². The van der Waals surface area contributed by atoms with Crippen LogP contribution in [0.15, 0.2) is 18.2 Å². The zero-order valence-corrected chi connectivity index (χ0v) is 12.1. The number of hydrogen-bond donors (Lipinski definition) is 0. The zero-order valence-electron chi connectivity index (χ0n) is 12.1. The standard InChI is InChI=1S/C16H20N2O2/c1-11-5-6-15-13(8-11)4-3-7-18(15)16(20)14-9-17(10-14)12(2)19/h5-6,8,14H,3-4,7,9-10H2,1-2H3. The molecule has 0 saturated carbocycles. The summed E-state index contributed by atoms with van der Waals surface area (Å²) in [5.74, 6) is 0.210. The number of likely N-dealkylation sites (tertiary alicyclic amines) is 1. The number of anilines is 1. The van der Waals surface area contributed by atoms with Crippen molar-refractivity contribution < 1.29 is 9.59 Å². The summed E-state index contributed by atoms with van der Waals surface area (Å²) in [5, 5.41) is 0. The van der Waals surface area contributed by atoms with Crippen molar-refractivity contribution in [3.63, 3.8) is 0 Å². The predicted octanol–water partition coefficient (Wildman–Crippen LogP) is 1.75. The molecule has 3 rings (SSSR count). The SMILES string of the molecule is CC(=O)N1CC(C(=O)N2CCCc3cc(C)ccc32)C1. The Hall–Kier alpha value is -1.84. The minimum absolute atomic E-state index is 0.0221. The molecule has 0 radical (unpaired) electrons. The van der Waals surface area contributed by atoms with Crippen LogP contribution in [0.3, 0.4) is 0 Å². The summed E-state index contributed by atoms with van der Waals surface area (Å²) in [7, 11) is 0. The fourth-order valence-corrected chi connectivity index (χ4v) is 3.07. The summed E-state index contributed by atoms with van der Waals surface area (Å²) >= 11 is 0. The molecule has 1 aromatic rings. The number of benzene rings is 1. The molecular weight excluding hydrogens is 252 g/mol. The van der Waals surface area contributed by atoms with Gasteiger partial charge in [0, 0.05) is 32.2 Å². The first-order chi connectivity index (χ1) is 9.56. The average molecular weight is 272 g/mol. The normalized spacial score (nSPS) is 18.5. The Balaban J connectivity index is 1.76. The molecule has 0 N–H and O–H groups in total. The van der Waals surface area contributed by atoms with Crippen molar-refractivity contribution in [1.82, 2.24) is 4.90 Å². The number of amides is 2. The van der Waals surface area contributed by atoms with E-state index in [2.05, 4.69) is 25.1 Å². The van der Waals surface area contributed by atoms with Crippen molar-refractivity contribution in [2.75, 3.05) is 24.5 Å². The zero-order chi connectivity index (χ0) is 14.3. The van der Waals surface area contributed by atoms with E-state index in [1.807, 2.05) is 4.90 Å². The third-order valence-corrected chi connectivity index (χ3v) is 4.30. The second-order valence-corrected chi connectivity index (χ2v) is 5.85. The van der Waals surface area contributed by atoms with Gasteiger partial charge in [0.05, 0.1) is 5.92 Å². The Labute approximate surface area is 119 Å². The number of aryl methyl sites for hydroxylation is 2. The Bertz CT molecular complexity index is 562. The molecule has 0 spiro atoms. The second kappa shape index (κ2) is 4.93. The van der Waals surface area contributed by atoms with E-state index in [1.54, 1.807) is 11.8 Å². The number of fused-ring (bicyclic) bond motifs is 1. The van der Waals surface area contributed by atoms with Crippen LogP contribution < -0.4 is 4.90 Å². The van der Waals surface area contributed by atoms with E-state index < -0.39 is 0 Å². The van der Waals surface area contributed by atoms with Crippen LogP contribution in [-0.2, 0) is 16.0 Å². The molecule has 106 valence electrons. The van der Waals surface area contributed by atoms with Crippen LogP contribution in [0.5, 0.6) is 0 Å². The van der Waals surface area contributed by atoms with E-state index in [9.17, 15) is 9.59 Å². The van der Waals surface area contributed by atoms with Crippen LogP contribution in [0.1, 0.15) is 24.5 Å². The van der Waals surface area contributed by atoms with Gasteiger partial charge in [-0.15, -0.1) is 0 Å². The van der Waals surface area contributed by atoms with Gasteiger partial charge in [-0.25, -0.2) is 0 Å². The number of hydrogen-bond acceptors (Lipinski definition) is 2. The van der Waals surface area contributed by atoms with Crippen molar-refractivity contribution >= 4 is 17.5 Å². The summed E-state index contributed by atoms with van der Waals surface area (Å²) in [6.07, 6.45) is 2.07. The lowest BCUT2D eigenvalue weighted by Crippen LogP contribution is -2.56. The summed E-state index contributed by atoms with van der Waals surface area (Å²) in [6, 6.07) is 6.30. The lowest BCUT2D eigenvalue weighted by Gasteiger charge is -2.41. The molecule has 4 heteroatoms. The summed E-state index contributed by atoms with van der Waals surface area (Å²) in [5.41, 5.74) is 3.57. The van der Waals surface area contributed by atoms with Crippen LogP contribution in [-0.4, -0.2) is 36.3 Å². The van der Waals surface area contributed by atoms with Crippen molar-refractivity contribution in [1.29, 1.82) is 0 Å². The Morgan fingerprint density at radius 1 is 1.25 bits per heavy atom. The maximum Gasteiger partial charge on any atom is 0.233 e. The molecule has 4 nitrogen and oxygen atoms in total. The van der Waals surface area contributed by atoms with Crippen LogP contribution in [0.2, 0.25) is 0 Å². The fourth-order valence-electron chi connectivity index (χ4n) is 3.07. The molecule has 2 aliphatic heterocycles. The highest BCUT2D eigenvalue weighted by molar-refractivity contribution is 5.97. The third kappa shape index (κ3) is 2.19. The van der Waals surface area contributed by atoms with Gasteiger partial charge >= 0.3 is 0 Å². The summed E-state index contributed by atoms with van der Waals surface area (Å²) in [4.78, 5) is 27.4. The molecule has 1 fully saturated rings. The smallest absolute Gasteiger partial charge is 0.233 e. The molecule has 20 heavy (non-hydrogen) atoms. The first kappa shape index (κ1) is 13.2. The van der Waals surface area contributed by atoms with Crippen molar-refractivity contribution in [3.8, 4) is 0 Å². The van der Waals surface area contributed by atoms with Gasteiger partial charge in [-0.2, -0.15) is 0 Å². The Kier molecular flexibility index (Phi) is 3.24. The van der Waals surface area contributed by atoms with Crippen molar-refractivity contribution in [2.24, 2.45) is 5.92 Å². The van der Waals surface area contributed by atoms with Crippen LogP contribution in [0.4, 0.5) is 5.69 Å². The lowest BCUT2D eigenvalue weighted by atomic mass is 9.94. The number of nitrogens with zero attached hydrogens (tertiary/aromatic N) is 2. The number of carbonyl (C=O) groups excluding carboxylic acids is 2. The third-order valence-electron chi connectivity index (χ3n) is 4.30. The molecule has 0 aliphatic carbocycles. The quantitative estimate of drug-likeness (QED) is 0.781. The summed E-state index contributed by atoms with van der Waals surface area (Å²) in [6.45, 7) is 5.58. The largest absolute Gasteiger partial charge is 0.341 e. The minimum Gasteiger partial charge on any atom is -0.341 e. The van der Waals surface area contributed by atoms with Crippen molar-refractivity contribution in [3.05, 3.63) is 29.3 Å². The summed E-state index contributed by atoms with van der Waals surface area (Å²) < 4.78 is 0. The van der Waals surface area contributed by atoms with E-state index in [4.69, 9.17) is 0 Å². The number of rotatable bonds is 1. The van der Waals surface area contributed by atoms with Gasteiger partial charge in [0.1, 0.15) is 0 Å². The van der Waals surface area contributed by atoms with E-state index >= 15 is 0 Å². The highest BCUT2D eigenvalue weighted by Crippen LogP contribution is 2.30. The molecule has 2 aliphatic rings. The minimum atomic E-state index is -0.0221. The molecule has 0 bridgehead atoms. The predicted molar refractivity (Wildman–Crippen MR) is 77.6 cm³/mol. The van der Waals surface area contributed by atoms with Gasteiger partial charge in [0.25, 0.3) is 0 Å². The first-order valence-corrected chi connectivity index (χ1v) is 7.22. The Morgan fingerprint density at radius 3 is 2.70 bits per heavy atom. The van der Waals surface area contributed by atoms with Gasteiger partial charge in [-0.05, 0) is 31.4 Å². The molecule has 0 unspecified atom stereocenters. The highest BCUT2D eigenvalue weighted by Gasteiger charge is 2.37. The molecule has 2 amide bonds. The maximum absolute atomic E-state index is 12.6. The van der Waals surface area contributed by atoms with E-state index in [-0.39, 0.29) is 17.7 Å². The molecule has 1 aromatic carbocycles. The van der Waals surface area contributed by atoms with Crippen LogP contribution >= 0.6 is 0 Å². The van der Waals surface area contributed by atoms with E-state index in [0.717, 1.165) is 25.1 Å². The molecule has 0 atom stereocenters. The monoisotopic (exact) mass is 272 g/mol. The molecule has 1 saturated heterocycles. The van der Waals surface area contributed by atoms with Crippen LogP contribution in [0.25, 0.3) is 0 Å². The van der Waals surface area contributed by atoms with Gasteiger partial charge in [-0.1, -0.05) is 17.7 Å². The van der Waals surface area contributed by atoms with Crippen LogP contribution in [0, 0.1) is 12.8 Å². The maximum atomic E-state index is 12.6. The fraction of sp³-hybridized carbons (Fsp3) is 0.500. The van der Waals surface area contributed by atoms with Gasteiger partial charge in [0.15, 0.2) is 0 Å². The highest BCUT2D eigenvalue weighted by atomic mass is 16.2. The second-order valence-electron chi connectivity index (χ2n) is 5.85. The molecule has 2 heterocycles. The Morgan fingerprint density at radius 2 is 2.00 bits per heavy atom. The van der Waals surface area contributed by atoms with E-state index in [0.29, 0.717) is 13.1 Å².